The number of carbonyl (C=O) groups excluding carboxylic acids is 1. The summed E-state index contributed by atoms with van der Waals surface area (Å²) in [6, 6.07) is 14.0. The maximum Gasteiger partial charge on any atom is 0.254 e. The van der Waals surface area contributed by atoms with E-state index in [1.165, 1.54) is 11.0 Å². The summed E-state index contributed by atoms with van der Waals surface area (Å²) in [5, 5.41) is 9.23. The van der Waals surface area contributed by atoms with Crippen molar-refractivity contribution in [3.8, 4) is 22.9 Å². The van der Waals surface area contributed by atoms with Gasteiger partial charge >= 0.3 is 0 Å². The van der Waals surface area contributed by atoms with Gasteiger partial charge in [-0.05, 0) is 35.7 Å². The van der Waals surface area contributed by atoms with Crippen molar-refractivity contribution in [3.05, 3.63) is 82.4 Å². The molecule has 0 saturated carbocycles. The van der Waals surface area contributed by atoms with Gasteiger partial charge in [0.2, 0.25) is 0 Å². The molecule has 0 bridgehead atoms. The Morgan fingerprint density at radius 3 is 2.78 bits per heavy atom. The number of aliphatic imine (C=N–C) groups is 1. The Labute approximate surface area is 185 Å². The number of halogens is 1. The average molecular weight is 428 g/mol. The summed E-state index contributed by atoms with van der Waals surface area (Å²) in [4.78, 5) is 23.0. The summed E-state index contributed by atoms with van der Waals surface area (Å²) < 4.78 is 20.8. The van der Waals surface area contributed by atoms with E-state index in [2.05, 4.69) is 16.0 Å². The Hall–Kier alpha value is -4.05. The molecule has 32 heavy (non-hydrogen) atoms. The van der Waals surface area contributed by atoms with Crippen LogP contribution in [0.15, 0.2) is 53.7 Å². The molecule has 0 N–H and O–H groups in total. The van der Waals surface area contributed by atoms with Gasteiger partial charge < -0.3 is 9.64 Å². The predicted molar refractivity (Wildman–Crippen MR) is 119 cm³/mol. The smallest absolute Gasteiger partial charge is 0.254 e. The number of hydrogen-bond acceptors (Lipinski definition) is 5. The molecule has 0 aliphatic carbocycles. The van der Waals surface area contributed by atoms with Crippen LogP contribution in [0.25, 0.3) is 11.1 Å². The predicted octanol–water partition coefficient (Wildman–Crippen LogP) is 4.36. The largest absolute Gasteiger partial charge is 0.493 e. The molecule has 2 aromatic carbocycles. The highest BCUT2D eigenvalue weighted by Gasteiger charge is 2.22. The third-order valence-corrected chi connectivity index (χ3v) is 5.31. The second kappa shape index (κ2) is 8.98. The molecule has 1 aliphatic rings. The van der Waals surface area contributed by atoms with E-state index in [9.17, 15) is 10.1 Å². The number of amides is 1. The first-order valence-corrected chi connectivity index (χ1v) is 10.2. The molecule has 0 unspecified atom stereocenters. The molecule has 7 heteroatoms. The normalized spacial score (nSPS) is 11.7. The number of fused-ring (bicyclic) bond motifs is 1. The summed E-state index contributed by atoms with van der Waals surface area (Å²) in [5.41, 5.74) is 3.91. The Balaban J connectivity index is 1.64. The third kappa shape index (κ3) is 3.95. The lowest BCUT2D eigenvalue weighted by molar-refractivity contribution is 0.0783. The van der Waals surface area contributed by atoms with Gasteiger partial charge in [-0.3, -0.25) is 9.79 Å². The van der Waals surface area contributed by atoms with Crippen LogP contribution in [0.2, 0.25) is 0 Å². The third-order valence-electron chi connectivity index (χ3n) is 5.31. The molecule has 0 radical (unpaired) electrons. The van der Waals surface area contributed by atoms with Crippen molar-refractivity contribution in [1.29, 1.82) is 5.26 Å². The Bertz CT molecular complexity index is 1250. The fourth-order valence-corrected chi connectivity index (χ4v) is 3.79. The Kier molecular flexibility index (Phi) is 5.95. The van der Waals surface area contributed by atoms with Crippen LogP contribution in [0.3, 0.4) is 0 Å². The second-order valence-corrected chi connectivity index (χ2v) is 7.40. The van der Waals surface area contributed by atoms with Gasteiger partial charge in [-0.1, -0.05) is 30.3 Å². The fraction of sp³-hybridized carbons (Fsp3) is 0.200. The molecule has 0 fully saturated rings. The van der Waals surface area contributed by atoms with Gasteiger partial charge in [0.05, 0.1) is 18.7 Å². The maximum atomic E-state index is 15.1. The number of nitriles is 1. The Morgan fingerprint density at radius 2 is 2.06 bits per heavy atom. The van der Waals surface area contributed by atoms with Crippen LogP contribution in [0.1, 0.15) is 39.7 Å². The summed E-state index contributed by atoms with van der Waals surface area (Å²) in [6.45, 7) is 2.86. The van der Waals surface area contributed by atoms with E-state index in [1.807, 2.05) is 25.1 Å². The van der Waals surface area contributed by atoms with E-state index in [0.717, 1.165) is 11.1 Å². The van der Waals surface area contributed by atoms with Gasteiger partial charge in [0.25, 0.3) is 5.91 Å². The summed E-state index contributed by atoms with van der Waals surface area (Å²) in [6.07, 6.45) is 3.23. The molecule has 2 heterocycles. The van der Waals surface area contributed by atoms with Crippen LogP contribution in [0.4, 0.5) is 4.39 Å². The van der Waals surface area contributed by atoms with Gasteiger partial charge in [-0.25, -0.2) is 9.37 Å². The van der Waals surface area contributed by atoms with Crippen LogP contribution in [0.5, 0.6) is 5.75 Å². The van der Waals surface area contributed by atoms with Crippen molar-refractivity contribution in [2.24, 2.45) is 4.99 Å². The monoisotopic (exact) mass is 428 g/mol. The van der Waals surface area contributed by atoms with Crippen molar-refractivity contribution in [1.82, 2.24) is 9.88 Å². The molecular formula is C25H21FN4O2. The molecule has 160 valence electrons. The molecule has 0 atom stereocenters. The molecular weight excluding hydrogens is 407 g/mol. The number of hydrogen-bond donors (Lipinski definition) is 0. The van der Waals surface area contributed by atoms with Crippen LogP contribution in [-0.4, -0.2) is 35.7 Å². The topological polar surface area (TPSA) is 78.6 Å². The molecule has 1 aliphatic heterocycles. The molecule has 0 spiro atoms. The van der Waals surface area contributed by atoms with E-state index in [-0.39, 0.29) is 18.0 Å². The van der Waals surface area contributed by atoms with Gasteiger partial charge in [0.1, 0.15) is 23.3 Å². The lowest BCUT2D eigenvalue weighted by Crippen LogP contribution is -2.27. The van der Waals surface area contributed by atoms with Crippen molar-refractivity contribution >= 4 is 12.1 Å². The lowest BCUT2D eigenvalue weighted by atomic mass is 10.0. The number of aromatic nitrogens is 1. The zero-order valence-electron chi connectivity index (χ0n) is 17.8. The van der Waals surface area contributed by atoms with Crippen molar-refractivity contribution in [3.63, 3.8) is 0 Å². The SMILES string of the molecule is CCOc1cc(C(=O)N(C)Cc2cnc(C#N)c3c2CN=C3)cc(F)c1-c1ccccc1. The number of pyridine rings is 1. The number of carbonyl (C=O) groups is 1. The van der Waals surface area contributed by atoms with Crippen LogP contribution < -0.4 is 4.74 Å². The van der Waals surface area contributed by atoms with Crippen molar-refractivity contribution in [2.75, 3.05) is 13.7 Å². The van der Waals surface area contributed by atoms with Crippen molar-refractivity contribution < 1.29 is 13.9 Å². The first-order valence-electron chi connectivity index (χ1n) is 10.2. The van der Waals surface area contributed by atoms with Crippen LogP contribution in [0, 0.1) is 17.1 Å². The lowest BCUT2D eigenvalue weighted by Gasteiger charge is -2.20. The molecule has 1 amide bonds. The summed E-state index contributed by atoms with van der Waals surface area (Å²) in [7, 11) is 1.64. The zero-order valence-corrected chi connectivity index (χ0v) is 17.8. The minimum atomic E-state index is -0.520. The number of rotatable bonds is 6. The first kappa shape index (κ1) is 21.2. The molecule has 4 rings (SSSR count). The van der Waals surface area contributed by atoms with E-state index in [4.69, 9.17) is 4.74 Å². The van der Waals surface area contributed by atoms with E-state index in [0.29, 0.717) is 41.3 Å². The maximum absolute atomic E-state index is 15.1. The van der Waals surface area contributed by atoms with E-state index in [1.54, 1.807) is 37.7 Å². The van der Waals surface area contributed by atoms with Crippen molar-refractivity contribution in [2.45, 2.75) is 20.0 Å². The zero-order chi connectivity index (χ0) is 22.7. The Morgan fingerprint density at radius 1 is 1.28 bits per heavy atom. The minimum Gasteiger partial charge on any atom is -0.493 e. The van der Waals surface area contributed by atoms with Gasteiger partial charge in [0.15, 0.2) is 0 Å². The summed E-state index contributed by atoms with van der Waals surface area (Å²) in [5.74, 6) is -0.542. The van der Waals surface area contributed by atoms with E-state index >= 15 is 4.39 Å². The van der Waals surface area contributed by atoms with Crippen LogP contribution in [-0.2, 0) is 13.1 Å². The molecule has 0 saturated heterocycles. The average Bonchev–Trinajstić information content (AvgIpc) is 3.30. The quantitative estimate of drug-likeness (QED) is 0.584. The standard InChI is InChI=1S/C25H21FN4O2/c1-3-32-23-10-17(9-21(26)24(23)16-7-5-4-6-8-16)25(31)30(2)15-18-12-29-22(11-27)20-14-28-13-19(18)20/h4-10,12,14H,3,13,15H2,1-2H3. The number of ether oxygens (including phenoxy) is 1. The second-order valence-electron chi connectivity index (χ2n) is 7.40. The fourth-order valence-electron chi connectivity index (χ4n) is 3.79. The molecule has 3 aromatic rings. The van der Waals surface area contributed by atoms with Gasteiger partial charge in [-0.15, -0.1) is 0 Å². The van der Waals surface area contributed by atoms with Gasteiger partial charge in [-0.2, -0.15) is 5.26 Å². The highest BCUT2D eigenvalue weighted by molar-refractivity contribution is 5.95. The minimum absolute atomic E-state index is 0.197. The first-order chi connectivity index (χ1) is 15.5. The molecule has 1 aromatic heterocycles. The van der Waals surface area contributed by atoms with E-state index < -0.39 is 5.82 Å². The summed E-state index contributed by atoms with van der Waals surface area (Å²) >= 11 is 0. The molecule has 6 nitrogen and oxygen atoms in total. The van der Waals surface area contributed by atoms with Crippen LogP contribution >= 0.6 is 0 Å². The number of nitrogens with zero attached hydrogens (tertiary/aromatic N) is 4. The van der Waals surface area contributed by atoms with Gasteiger partial charge in [0, 0.05) is 37.1 Å². The highest BCUT2D eigenvalue weighted by Crippen LogP contribution is 2.34. The highest BCUT2D eigenvalue weighted by atomic mass is 19.1. The number of benzene rings is 2.